The molecule has 2 aliphatic carbocycles. The highest BCUT2D eigenvalue weighted by Gasteiger charge is 2.46. The fraction of sp³-hybridized carbons (Fsp3) is 0.619. The first kappa shape index (κ1) is 41.3. The van der Waals surface area contributed by atoms with Crippen LogP contribution >= 0.6 is 0 Å². The molecule has 15 nitrogen and oxygen atoms in total. The van der Waals surface area contributed by atoms with Crippen LogP contribution in [0.3, 0.4) is 0 Å². The summed E-state index contributed by atoms with van der Waals surface area (Å²) in [6.07, 6.45) is 18.4. The molecular weight excluding hydrogens is 765 g/mol. The van der Waals surface area contributed by atoms with E-state index in [4.69, 9.17) is 30.6 Å². The van der Waals surface area contributed by atoms with Crippen LogP contribution in [0.15, 0.2) is 30.4 Å². The number of carbonyl (C=O) groups excluding carboxylic acids is 4. The van der Waals surface area contributed by atoms with Crippen molar-refractivity contribution in [2.75, 3.05) is 13.7 Å². The molecule has 0 spiro atoms. The minimum atomic E-state index is -3.98. The second kappa shape index (κ2) is 18.3. The maximum atomic E-state index is 14.7. The van der Waals surface area contributed by atoms with Crippen LogP contribution in [-0.4, -0.2) is 96.3 Å². The van der Waals surface area contributed by atoms with E-state index in [1.807, 2.05) is 18.2 Å². The molecule has 3 aliphatic heterocycles. The van der Waals surface area contributed by atoms with Gasteiger partial charge in [-0.3, -0.25) is 19.1 Å². The summed E-state index contributed by atoms with van der Waals surface area (Å²) in [6.45, 7) is -0.0441. The third kappa shape index (κ3) is 9.85. The van der Waals surface area contributed by atoms with Crippen molar-refractivity contribution < 1.29 is 41.8 Å². The SMILES string of the molecule is C#C[C@H]1/C=C\CCCCC[C@@H]2NC(=O)O[C@@H]3CCCC3CCCCCc3nc4ccc(OC)cc4nc3O[C@@H]3C[C@@H](C(=O)NC1C(=O)NS(=O)(=O)C1CC1)N(C3)C2=O. The van der Waals surface area contributed by atoms with Crippen molar-refractivity contribution in [3.63, 3.8) is 0 Å². The lowest BCUT2D eigenvalue weighted by molar-refractivity contribution is -0.141. The summed E-state index contributed by atoms with van der Waals surface area (Å²) in [6, 6.07) is 1.78. The Kier molecular flexibility index (Phi) is 13.0. The number of carbonyl (C=O) groups is 4. The molecule has 5 aliphatic rings. The molecule has 58 heavy (non-hydrogen) atoms. The summed E-state index contributed by atoms with van der Waals surface area (Å²) >= 11 is 0. The first-order chi connectivity index (χ1) is 28.0. The van der Waals surface area contributed by atoms with Crippen molar-refractivity contribution in [2.24, 2.45) is 11.8 Å². The van der Waals surface area contributed by atoms with Gasteiger partial charge in [-0.05, 0) is 88.7 Å². The number of benzene rings is 1. The number of hydrogen-bond donors (Lipinski definition) is 3. The van der Waals surface area contributed by atoms with E-state index >= 15 is 0 Å². The van der Waals surface area contributed by atoms with Crippen molar-refractivity contribution in [1.82, 2.24) is 30.2 Å². The van der Waals surface area contributed by atoms with Gasteiger partial charge in [0.05, 0.1) is 35.9 Å². The predicted molar refractivity (Wildman–Crippen MR) is 214 cm³/mol. The molecule has 3 fully saturated rings. The first-order valence-electron chi connectivity index (χ1n) is 20.8. The predicted octanol–water partition coefficient (Wildman–Crippen LogP) is 4.23. The van der Waals surface area contributed by atoms with E-state index in [1.165, 1.54) is 4.90 Å². The highest BCUT2D eigenvalue weighted by molar-refractivity contribution is 7.90. The van der Waals surface area contributed by atoms with E-state index in [9.17, 15) is 27.6 Å². The number of fused-ring (bicyclic) bond motifs is 5. The standard InChI is InChI=1S/C42H54N6O9S/c1-3-26-13-8-5-4-6-10-17-33-41(51)48-25-29(24-35(48)38(49)46-37(26)39(50)47-58(53,54)30-20-21-30)56-40-32(43-31-22-19-28(55-2)23-34(31)44-40)16-11-7-9-14-27-15-12-18-36(27)57-42(52)45-33/h1,8,13,19,22-23,26-27,29-30,33,35-37H,4-7,9-12,14-18,20-21,24-25H2,2H3,(H,45,52)(H,46,49)(H,47,50)/b13-8-/t26-,27?,29+,33-,35-,36+,37?/m0/s1. The summed E-state index contributed by atoms with van der Waals surface area (Å²) in [5.41, 5.74) is 1.89. The van der Waals surface area contributed by atoms with E-state index in [-0.39, 0.29) is 30.9 Å². The van der Waals surface area contributed by atoms with E-state index in [1.54, 1.807) is 19.3 Å². The van der Waals surface area contributed by atoms with Crippen molar-refractivity contribution in [1.29, 1.82) is 0 Å². The number of amides is 4. The summed E-state index contributed by atoms with van der Waals surface area (Å²) in [5.74, 6) is 0.494. The van der Waals surface area contributed by atoms with Gasteiger partial charge in [-0.25, -0.2) is 23.2 Å². The number of methoxy groups -OCH3 is 1. The average molecular weight is 819 g/mol. The minimum Gasteiger partial charge on any atom is -0.497 e. The normalized spacial score (nSPS) is 29.7. The smallest absolute Gasteiger partial charge is 0.408 e. The minimum absolute atomic E-state index is 0.00102. The molecule has 2 unspecified atom stereocenters. The number of nitrogens with one attached hydrogen (secondary N) is 3. The number of ether oxygens (including phenoxy) is 3. The van der Waals surface area contributed by atoms with Gasteiger partial charge in [0.1, 0.15) is 41.8 Å². The molecular formula is C42H54N6O9S. The number of aryl methyl sites for hydroxylation is 1. The van der Waals surface area contributed by atoms with Crippen molar-refractivity contribution in [3.05, 3.63) is 36.0 Å². The Labute approximate surface area is 339 Å². The number of hydrogen-bond acceptors (Lipinski definition) is 11. The van der Waals surface area contributed by atoms with E-state index in [2.05, 4.69) is 21.3 Å². The lowest BCUT2D eigenvalue weighted by Crippen LogP contribution is -2.58. The van der Waals surface area contributed by atoms with Crippen LogP contribution in [0.25, 0.3) is 11.0 Å². The molecule has 3 N–H and O–H groups in total. The van der Waals surface area contributed by atoms with Gasteiger partial charge in [0.15, 0.2) is 0 Å². The maximum absolute atomic E-state index is 14.7. The Hall–Kier alpha value is -4.91. The second-order valence-electron chi connectivity index (χ2n) is 16.2. The first-order valence-corrected chi connectivity index (χ1v) is 22.3. The Morgan fingerprint density at radius 2 is 1.74 bits per heavy atom. The summed E-state index contributed by atoms with van der Waals surface area (Å²) < 4.78 is 45.9. The molecule has 1 saturated heterocycles. The van der Waals surface area contributed by atoms with Gasteiger partial charge >= 0.3 is 6.09 Å². The zero-order valence-electron chi connectivity index (χ0n) is 33.0. The largest absolute Gasteiger partial charge is 0.497 e. The fourth-order valence-electron chi connectivity index (χ4n) is 8.63. The zero-order valence-corrected chi connectivity index (χ0v) is 33.8. The van der Waals surface area contributed by atoms with Gasteiger partial charge in [0.25, 0.3) is 5.91 Å². The Morgan fingerprint density at radius 3 is 2.53 bits per heavy atom. The molecule has 7 rings (SSSR count). The monoisotopic (exact) mass is 818 g/mol. The molecule has 4 amide bonds. The van der Waals surface area contributed by atoms with Crippen molar-refractivity contribution >= 4 is 44.9 Å². The Bertz CT molecular complexity index is 2050. The molecule has 312 valence electrons. The quantitative estimate of drug-likeness (QED) is 0.295. The van der Waals surface area contributed by atoms with Crippen LogP contribution in [0.2, 0.25) is 0 Å². The van der Waals surface area contributed by atoms with Gasteiger partial charge in [0.2, 0.25) is 27.7 Å². The third-order valence-corrected chi connectivity index (χ3v) is 13.8. The summed E-state index contributed by atoms with van der Waals surface area (Å²) in [5, 5.41) is 4.90. The number of sulfonamides is 1. The van der Waals surface area contributed by atoms with Crippen LogP contribution in [0.1, 0.15) is 102 Å². The van der Waals surface area contributed by atoms with E-state index in [0.29, 0.717) is 61.0 Å². The van der Waals surface area contributed by atoms with Crippen LogP contribution in [-0.2, 0) is 35.6 Å². The van der Waals surface area contributed by atoms with Gasteiger partial charge in [0, 0.05) is 12.5 Å². The molecule has 1 aromatic heterocycles. The second-order valence-corrected chi connectivity index (χ2v) is 18.2. The highest BCUT2D eigenvalue weighted by Crippen LogP contribution is 2.34. The lowest BCUT2D eigenvalue weighted by Gasteiger charge is -2.30. The van der Waals surface area contributed by atoms with E-state index < -0.39 is 69.2 Å². The number of alkyl carbamates (subject to hydrolysis) is 1. The van der Waals surface area contributed by atoms with E-state index in [0.717, 1.165) is 57.8 Å². The zero-order chi connectivity index (χ0) is 40.8. The number of aromatic nitrogens is 2. The molecule has 7 atom stereocenters. The van der Waals surface area contributed by atoms with Gasteiger partial charge in [-0.1, -0.05) is 43.8 Å². The summed E-state index contributed by atoms with van der Waals surface area (Å²) in [7, 11) is -2.41. The fourth-order valence-corrected chi connectivity index (χ4v) is 9.96. The molecule has 1 aromatic carbocycles. The highest BCUT2D eigenvalue weighted by atomic mass is 32.2. The molecule has 2 saturated carbocycles. The number of nitrogens with zero attached hydrogens (tertiary/aromatic N) is 3. The van der Waals surface area contributed by atoms with Crippen molar-refractivity contribution in [3.8, 4) is 24.0 Å². The van der Waals surface area contributed by atoms with Crippen LogP contribution in [0.4, 0.5) is 4.79 Å². The lowest BCUT2D eigenvalue weighted by atomic mass is 9.97. The molecule has 0 radical (unpaired) electrons. The number of allylic oxidation sites excluding steroid dienone is 1. The topological polar surface area (TPSA) is 195 Å². The molecule has 2 aromatic rings. The molecule has 4 heterocycles. The van der Waals surface area contributed by atoms with Crippen LogP contribution in [0.5, 0.6) is 11.6 Å². The van der Waals surface area contributed by atoms with Crippen molar-refractivity contribution in [2.45, 2.75) is 138 Å². The molecule has 3 bridgehead atoms. The number of terminal acetylenes is 1. The van der Waals surface area contributed by atoms with Gasteiger partial charge in [-0.2, -0.15) is 0 Å². The number of rotatable bonds is 4. The Balaban J connectivity index is 1.25. The van der Waals surface area contributed by atoms with Gasteiger partial charge in [-0.15, -0.1) is 6.42 Å². The molecule has 16 heteroatoms. The average Bonchev–Trinajstić information content (AvgIpc) is 3.86. The van der Waals surface area contributed by atoms with Crippen LogP contribution in [0, 0.1) is 24.2 Å². The van der Waals surface area contributed by atoms with Crippen LogP contribution < -0.4 is 24.8 Å². The third-order valence-electron chi connectivity index (χ3n) is 12.0. The maximum Gasteiger partial charge on any atom is 0.408 e. The Morgan fingerprint density at radius 1 is 0.948 bits per heavy atom. The van der Waals surface area contributed by atoms with Gasteiger partial charge < -0.3 is 29.7 Å². The summed E-state index contributed by atoms with van der Waals surface area (Å²) in [4.78, 5) is 67.6.